The molecule has 0 atom stereocenters. The lowest BCUT2D eigenvalue weighted by atomic mass is 10.1. The second-order valence-corrected chi connectivity index (χ2v) is 7.10. The number of rotatable bonds is 13. The number of benzene rings is 2. The Labute approximate surface area is 184 Å². The molecular formula is C25H32FNO4. The van der Waals surface area contributed by atoms with E-state index in [9.17, 15) is 4.39 Å². The smallest absolute Gasteiger partial charge is 0.125 e. The molecule has 0 amide bonds. The molecule has 0 aliphatic heterocycles. The second kappa shape index (κ2) is 13.4. The van der Waals surface area contributed by atoms with Crippen LogP contribution in [0.3, 0.4) is 0 Å². The molecule has 0 heterocycles. The van der Waals surface area contributed by atoms with Crippen LogP contribution in [0.1, 0.15) is 36.5 Å². The van der Waals surface area contributed by atoms with Crippen molar-refractivity contribution in [1.82, 2.24) is 0 Å². The zero-order valence-electron chi connectivity index (χ0n) is 18.8. The predicted molar refractivity (Wildman–Crippen MR) is 122 cm³/mol. The van der Waals surface area contributed by atoms with Crippen LogP contribution in [0.15, 0.2) is 53.7 Å². The summed E-state index contributed by atoms with van der Waals surface area (Å²) in [6.45, 7) is 8.07. The van der Waals surface area contributed by atoms with E-state index in [1.807, 2.05) is 45.1 Å². The Balaban J connectivity index is 1.72. The van der Waals surface area contributed by atoms with Gasteiger partial charge in [-0.25, -0.2) is 4.39 Å². The van der Waals surface area contributed by atoms with Crippen LogP contribution >= 0.6 is 0 Å². The minimum Gasteiger partial charge on any atom is -0.493 e. The molecule has 0 aliphatic carbocycles. The highest BCUT2D eigenvalue weighted by molar-refractivity contribution is 6.01. The summed E-state index contributed by atoms with van der Waals surface area (Å²) in [7, 11) is 1.48. The van der Waals surface area contributed by atoms with Gasteiger partial charge >= 0.3 is 0 Å². The summed E-state index contributed by atoms with van der Waals surface area (Å²) < 4.78 is 30.5. The Kier molecular flexibility index (Phi) is 10.6. The topological polar surface area (TPSA) is 49.3 Å². The number of allylic oxidation sites excluding steroid dienone is 1. The zero-order chi connectivity index (χ0) is 22.5. The molecule has 0 aliphatic rings. The molecule has 0 fully saturated rings. The Bertz CT molecular complexity index is 839. The highest BCUT2D eigenvalue weighted by atomic mass is 19.1. The van der Waals surface area contributed by atoms with Gasteiger partial charge in [-0.3, -0.25) is 0 Å². The molecule has 0 bridgehead atoms. The number of hydrogen-bond acceptors (Lipinski definition) is 5. The van der Waals surface area contributed by atoms with Crippen LogP contribution in [0.25, 0.3) is 0 Å². The Morgan fingerprint density at radius 1 is 1.00 bits per heavy atom. The van der Waals surface area contributed by atoms with Crippen LogP contribution < -0.4 is 9.47 Å². The molecule has 5 nitrogen and oxygen atoms in total. The molecule has 2 rings (SSSR count). The number of ether oxygens (including phenoxy) is 3. The standard InChI is InChI=1S/C25H32FNO4/c1-5-6-14-30-23-16-19(2)25(20(3)17-23)31-15-8-7-13-29-18-24(27-28-4)21-9-11-22(26)12-10-21/h5-6,9-12,16-17H,7-8,13-15,18H2,1-4H3/b6-5+,27-24-. The summed E-state index contributed by atoms with van der Waals surface area (Å²) in [6.07, 6.45) is 5.66. The molecule has 168 valence electrons. The molecule has 6 heteroatoms. The molecule has 2 aromatic carbocycles. The van der Waals surface area contributed by atoms with Crippen molar-refractivity contribution in [3.05, 3.63) is 71.1 Å². The van der Waals surface area contributed by atoms with Crippen molar-refractivity contribution >= 4 is 5.71 Å². The van der Waals surface area contributed by atoms with E-state index in [0.717, 1.165) is 41.0 Å². The van der Waals surface area contributed by atoms with Gasteiger partial charge in [-0.05, 0) is 69.0 Å². The van der Waals surface area contributed by atoms with Gasteiger partial charge in [0.05, 0.1) is 13.2 Å². The van der Waals surface area contributed by atoms with Gasteiger partial charge in [-0.15, -0.1) is 0 Å². The van der Waals surface area contributed by atoms with Gasteiger partial charge in [0.1, 0.15) is 36.7 Å². The Hall–Kier alpha value is -2.86. The molecular weight excluding hydrogens is 397 g/mol. The van der Waals surface area contributed by atoms with Crippen LogP contribution in [-0.4, -0.2) is 39.2 Å². The third-order valence-corrected chi connectivity index (χ3v) is 4.56. The molecule has 0 unspecified atom stereocenters. The summed E-state index contributed by atoms with van der Waals surface area (Å²) in [5.74, 6) is 1.47. The summed E-state index contributed by atoms with van der Waals surface area (Å²) in [4.78, 5) is 4.87. The number of aryl methyl sites for hydroxylation is 2. The van der Waals surface area contributed by atoms with Gasteiger partial charge in [0.15, 0.2) is 0 Å². The zero-order valence-corrected chi connectivity index (χ0v) is 18.8. The maximum Gasteiger partial charge on any atom is 0.125 e. The van der Waals surface area contributed by atoms with Crippen LogP contribution in [0.2, 0.25) is 0 Å². The largest absolute Gasteiger partial charge is 0.493 e. The molecule has 0 saturated carbocycles. The molecule has 0 aromatic heterocycles. The number of oxime groups is 1. The maximum absolute atomic E-state index is 13.1. The normalized spacial score (nSPS) is 11.7. The number of hydrogen-bond donors (Lipinski definition) is 0. The van der Waals surface area contributed by atoms with E-state index >= 15 is 0 Å². The first kappa shape index (κ1) is 24.4. The molecule has 0 saturated heterocycles. The average Bonchev–Trinajstić information content (AvgIpc) is 2.74. The van der Waals surface area contributed by atoms with E-state index in [0.29, 0.717) is 32.1 Å². The van der Waals surface area contributed by atoms with Gasteiger partial charge in [-0.2, -0.15) is 0 Å². The third-order valence-electron chi connectivity index (χ3n) is 4.56. The van der Waals surface area contributed by atoms with Gasteiger partial charge < -0.3 is 19.0 Å². The molecule has 2 aromatic rings. The van der Waals surface area contributed by atoms with E-state index in [4.69, 9.17) is 19.0 Å². The number of halogens is 1. The van der Waals surface area contributed by atoms with E-state index in [2.05, 4.69) is 5.16 Å². The van der Waals surface area contributed by atoms with Crippen molar-refractivity contribution in [2.75, 3.05) is 33.5 Å². The Morgan fingerprint density at radius 2 is 1.68 bits per heavy atom. The lowest BCUT2D eigenvalue weighted by Gasteiger charge is -2.14. The van der Waals surface area contributed by atoms with Crippen molar-refractivity contribution in [2.45, 2.75) is 33.6 Å². The first-order valence-electron chi connectivity index (χ1n) is 10.5. The third kappa shape index (κ3) is 8.42. The quantitative estimate of drug-likeness (QED) is 0.179. The number of unbranched alkanes of at least 4 members (excludes halogenated alkanes) is 1. The fraction of sp³-hybridized carbons (Fsp3) is 0.400. The summed E-state index contributed by atoms with van der Waals surface area (Å²) in [5, 5.41) is 3.98. The van der Waals surface area contributed by atoms with Gasteiger partial charge in [-0.1, -0.05) is 29.4 Å². The van der Waals surface area contributed by atoms with E-state index < -0.39 is 0 Å². The molecule has 31 heavy (non-hydrogen) atoms. The summed E-state index contributed by atoms with van der Waals surface area (Å²) in [6, 6.07) is 10.1. The van der Waals surface area contributed by atoms with E-state index in [1.54, 1.807) is 12.1 Å². The van der Waals surface area contributed by atoms with Crippen LogP contribution in [0.5, 0.6) is 11.5 Å². The van der Waals surface area contributed by atoms with Gasteiger partial charge in [0, 0.05) is 12.2 Å². The van der Waals surface area contributed by atoms with Crippen molar-refractivity contribution in [3.63, 3.8) is 0 Å². The van der Waals surface area contributed by atoms with Crippen molar-refractivity contribution in [1.29, 1.82) is 0 Å². The monoisotopic (exact) mass is 429 g/mol. The highest BCUT2D eigenvalue weighted by Gasteiger charge is 2.08. The molecule has 0 N–H and O–H groups in total. The van der Waals surface area contributed by atoms with Crippen molar-refractivity contribution in [2.24, 2.45) is 5.16 Å². The van der Waals surface area contributed by atoms with Gasteiger partial charge in [0.2, 0.25) is 0 Å². The SMILES string of the molecule is C/C=C/COc1cc(C)c(OCCCCOC/C(=N/OC)c2ccc(F)cc2)c(C)c1. The van der Waals surface area contributed by atoms with Gasteiger partial charge in [0.25, 0.3) is 0 Å². The van der Waals surface area contributed by atoms with E-state index in [1.165, 1.54) is 19.2 Å². The number of nitrogens with zero attached hydrogens (tertiary/aromatic N) is 1. The second-order valence-electron chi connectivity index (χ2n) is 7.10. The van der Waals surface area contributed by atoms with E-state index in [-0.39, 0.29) is 5.82 Å². The lowest BCUT2D eigenvalue weighted by Crippen LogP contribution is -2.12. The fourth-order valence-corrected chi connectivity index (χ4v) is 3.03. The minimum absolute atomic E-state index is 0.289. The fourth-order valence-electron chi connectivity index (χ4n) is 3.03. The van der Waals surface area contributed by atoms with Crippen LogP contribution in [0, 0.1) is 19.7 Å². The minimum atomic E-state index is -0.289. The van der Waals surface area contributed by atoms with Crippen molar-refractivity contribution in [3.8, 4) is 11.5 Å². The van der Waals surface area contributed by atoms with Crippen LogP contribution in [-0.2, 0) is 9.57 Å². The summed E-state index contributed by atoms with van der Waals surface area (Å²) >= 11 is 0. The average molecular weight is 430 g/mol. The first-order chi connectivity index (χ1) is 15.0. The maximum atomic E-state index is 13.1. The first-order valence-corrected chi connectivity index (χ1v) is 10.5. The Morgan fingerprint density at radius 3 is 2.32 bits per heavy atom. The summed E-state index contributed by atoms with van der Waals surface area (Å²) in [5.41, 5.74) is 3.52. The highest BCUT2D eigenvalue weighted by Crippen LogP contribution is 2.28. The van der Waals surface area contributed by atoms with Crippen molar-refractivity contribution < 1.29 is 23.4 Å². The van der Waals surface area contributed by atoms with Crippen LogP contribution in [0.4, 0.5) is 4.39 Å². The molecule has 0 radical (unpaired) electrons. The lowest BCUT2D eigenvalue weighted by molar-refractivity contribution is 0.154. The predicted octanol–water partition coefficient (Wildman–Crippen LogP) is 5.62. The molecule has 0 spiro atoms.